The predicted octanol–water partition coefficient (Wildman–Crippen LogP) is 2.97. The van der Waals surface area contributed by atoms with Gasteiger partial charge in [0, 0.05) is 12.1 Å². The fraction of sp³-hybridized carbons (Fsp3) is 0.571. The van der Waals surface area contributed by atoms with Gasteiger partial charge in [0.1, 0.15) is 5.75 Å². The van der Waals surface area contributed by atoms with Crippen LogP contribution >= 0.6 is 0 Å². The molecule has 0 bridgehead atoms. The van der Waals surface area contributed by atoms with E-state index in [0.29, 0.717) is 5.75 Å². The van der Waals surface area contributed by atoms with Crippen LogP contribution in [0.2, 0.25) is 0 Å². The first-order valence-electron chi connectivity index (χ1n) is 6.74. The van der Waals surface area contributed by atoms with E-state index in [1.165, 1.54) is 19.2 Å². The molecule has 0 saturated carbocycles. The second-order valence-electron chi connectivity index (χ2n) is 5.21. The highest BCUT2D eigenvalue weighted by Gasteiger charge is 2.25. The molecule has 0 aromatic heterocycles. The van der Waals surface area contributed by atoms with Crippen molar-refractivity contribution in [2.75, 3.05) is 12.4 Å². The van der Waals surface area contributed by atoms with Crippen LogP contribution in [0.1, 0.15) is 26.7 Å². The first-order chi connectivity index (χ1) is 9.49. The predicted molar refractivity (Wildman–Crippen MR) is 76.3 cm³/mol. The molecule has 2 atom stereocenters. The largest absolute Gasteiger partial charge is 0.494 e. The van der Waals surface area contributed by atoms with E-state index in [1.54, 1.807) is 6.07 Å². The molecule has 0 aliphatic carbocycles. The van der Waals surface area contributed by atoms with Gasteiger partial charge in [-0.25, -0.2) is 0 Å². The van der Waals surface area contributed by atoms with Crippen LogP contribution in [-0.2, 0) is 4.74 Å². The maximum Gasteiger partial charge on any atom is 0.273 e. The van der Waals surface area contributed by atoms with Crippen molar-refractivity contribution >= 4 is 11.4 Å². The highest BCUT2D eigenvalue weighted by Crippen LogP contribution is 2.31. The van der Waals surface area contributed by atoms with Crippen molar-refractivity contribution in [3.8, 4) is 5.75 Å². The van der Waals surface area contributed by atoms with E-state index >= 15 is 0 Å². The third-order valence-corrected chi connectivity index (χ3v) is 3.45. The number of nitrogens with one attached hydrogen (secondary N) is 1. The zero-order valence-electron chi connectivity index (χ0n) is 12.0. The molecule has 1 heterocycles. The Morgan fingerprint density at radius 2 is 2.00 bits per heavy atom. The van der Waals surface area contributed by atoms with Gasteiger partial charge in [0.05, 0.1) is 36.0 Å². The lowest BCUT2D eigenvalue weighted by Gasteiger charge is -2.33. The molecule has 1 aliphatic rings. The molecular formula is C14H20N2O4. The standard InChI is InChI=1S/C14H20N2O4/c1-9-6-11(7-10(2)20-9)15-13-5-4-12(16(17)18)8-14(13)19-3/h4-5,8-11,15H,6-7H2,1-3H3. The normalized spacial score (nSPS) is 26.1. The Hall–Kier alpha value is -1.82. The van der Waals surface area contributed by atoms with Gasteiger partial charge in [0.2, 0.25) is 0 Å². The first kappa shape index (κ1) is 14.6. The molecule has 0 spiro atoms. The van der Waals surface area contributed by atoms with Crippen LogP contribution in [0, 0.1) is 10.1 Å². The fourth-order valence-electron chi connectivity index (χ4n) is 2.66. The van der Waals surface area contributed by atoms with Crippen molar-refractivity contribution in [3.63, 3.8) is 0 Å². The van der Waals surface area contributed by atoms with E-state index in [4.69, 9.17) is 9.47 Å². The summed E-state index contributed by atoms with van der Waals surface area (Å²) in [5.41, 5.74) is 0.811. The van der Waals surface area contributed by atoms with Crippen LogP contribution in [0.5, 0.6) is 5.75 Å². The minimum absolute atomic E-state index is 0.0288. The van der Waals surface area contributed by atoms with Crippen molar-refractivity contribution in [1.29, 1.82) is 0 Å². The van der Waals surface area contributed by atoms with Gasteiger partial charge in [-0.2, -0.15) is 0 Å². The van der Waals surface area contributed by atoms with Gasteiger partial charge in [0.15, 0.2) is 0 Å². The molecule has 2 rings (SSSR count). The Morgan fingerprint density at radius 1 is 1.35 bits per heavy atom. The Morgan fingerprint density at radius 3 is 2.55 bits per heavy atom. The van der Waals surface area contributed by atoms with Crippen molar-refractivity contribution in [3.05, 3.63) is 28.3 Å². The molecule has 1 N–H and O–H groups in total. The van der Waals surface area contributed by atoms with Gasteiger partial charge in [-0.05, 0) is 32.8 Å². The lowest BCUT2D eigenvalue weighted by Crippen LogP contribution is -2.36. The highest BCUT2D eigenvalue weighted by atomic mass is 16.6. The van der Waals surface area contributed by atoms with Crippen LogP contribution in [0.3, 0.4) is 0 Å². The number of non-ortho nitro benzene ring substituents is 1. The lowest BCUT2D eigenvalue weighted by atomic mass is 9.99. The molecule has 0 radical (unpaired) electrons. The average Bonchev–Trinajstić information content (AvgIpc) is 2.37. The fourth-order valence-corrected chi connectivity index (χ4v) is 2.66. The number of nitro benzene ring substituents is 1. The molecule has 110 valence electrons. The summed E-state index contributed by atoms with van der Waals surface area (Å²) in [6.45, 7) is 4.11. The van der Waals surface area contributed by atoms with Gasteiger partial charge in [-0.3, -0.25) is 10.1 Å². The maximum absolute atomic E-state index is 10.8. The Bertz CT molecular complexity index is 482. The number of rotatable bonds is 4. The Balaban J connectivity index is 2.14. The number of ether oxygens (including phenoxy) is 2. The molecular weight excluding hydrogens is 260 g/mol. The SMILES string of the molecule is COc1cc([N+](=O)[O-])ccc1NC1CC(C)OC(C)C1. The number of nitrogens with zero attached hydrogens (tertiary/aromatic N) is 1. The number of hydrogen-bond acceptors (Lipinski definition) is 5. The molecule has 1 fully saturated rings. The molecule has 6 nitrogen and oxygen atoms in total. The van der Waals surface area contributed by atoms with E-state index in [-0.39, 0.29) is 23.9 Å². The van der Waals surface area contributed by atoms with Crippen LogP contribution in [0.25, 0.3) is 0 Å². The van der Waals surface area contributed by atoms with Crippen molar-refractivity contribution < 1.29 is 14.4 Å². The molecule has 20 heavy (non-hydrogen) atoms. The summed E-state index contributed by atoms with van der Waals surface area (Å²) in [5.74, 6) is 0.492. The molecule has 1 saturated heterocycles. The van der Waals surface area contributed by atoms with E-state index < -0.39 is 4.92 Å². The minimum Gasteiger partial charge on any atom is -0.494 e. The van der Waals surface area contributed by atoms with E-state index in [1.807, 2.05) is 0 Å². The number of nitro groups is 1. The smallest absolute Gasteiger partial charge is 0.273 e. The summed E-state index contributed by atoms with van der Waals surface area (Å²) >= 11 is 0. The molecule has 1 aliphatic heterocycles. The average molecular weight is 280 g/mol. The molecule has 6 heteroatoms. The second-order valence-corrected chi connectivity index (χ2v) is 5.21. The Labute approximate surface area is 118 Å². The molecule has 0 amide bonds. The molecule has 1 aromatic carbocycles. The third kappa shape index (κ3) is 3.39. The maximum atomic E-state index is 10.8. The number of methoxy groups -OCH3 is 1. The zero-order chi connectivity index (χ0) is 14.7. The topological polar surface area (TPSA) is 73.6 Å². The summed E-state index contributed by atoms with van der Waals surface area (Å²) in [6, 6.07) is 4.90. The Kier molecular flexibility index (Phi) is 4.44. The van der Waals surface area contributed by atoms with Gasteiger partial charge in [-0.15, -0.1) is 0 Å². The molecule has 2 unspecified atom stereocenters. The summed E-state index contributed by atoms with van der Waals surface area (Å²) < 4.78 is 10.9. The van der Waals surface area contributed by atoms with Crippen molar-refractivity contribution in [2.45, 2.75) is 44.9 Å². The van der Waals surface area contributed by atoms with Crippen LogP contribution in [0.15, 0.2) is 18.2 Å². The monoisotopic (exact) mass is 280 g/mol. The highest BCUT2D eigenvalue weighted by molar-refractivity contribution is 5.61. The van der Waals surface area contributed by atoms with Crippen LogP contribution in [0.4, 0.5) is 11.4 Å². The molecule has 1 aromatic rings. The van der Waals surface area contributed by atoms with Crippen molar-refractivity contribution in [2.24, 2.45) is 0 Å². The minimum atomic E-state index is -0.426. The van der Waals surface area contributed by atoms with E-state index in [0.717, 1.165) is 18.5 Å². The van der Waals surface area contributed by atoms with Gasteiger partial charge in [-0.1, -0.05) is 0 Å². The van der Waals surface area contributed by atoms with Gasteiger partial charge < -0.3 is 14.8 Å². The van der Waals surface area contributed by atoms with Gasteiger partial charge >= 0.3 is 0 Å². The second kappa shape index (κ2) is 6.09. The summed E-state index contributed by atoms with van der Waals surface area (Å²) in [7, 11) is 1.51. The van der Waals surface area contributed by atoms with Crippen LogP contribution in [-0.4, -0.2) is 30.3 Å². The summed E-state index contributed by atoms with van der Waals surface area (Å²) in [4.78, 5) is 10.3. The van der Waals surface area contributed by atoms with Crippen molar-refractivity contribution in [1.82, 2.24) is 0 Å². The van der Waals surface area contributed by atoms with Crippen LogP contribution < -0.4 is 10.1 Å². The number of benzene rings is 1. The summed E-state index contributed by atoms with van der Waals surface area (Å²) in [5, 5.41) is 14.2. The lowest BCUT2D eigenvalue weighted by molar-refractivity contribution is -0.384. The third-order valence-electron chi connectivity index (χ3n) is 3.45. The summed E-state index contributed by atoms with van der Waals surface area (Å²) in [6.07, 6.45) is 2.23. The zero-order valence-corrected chi connectivity index (χ0v) is 12.0. The quantitative estimate of drug-likeness (QED) is 0.678. The van der Waals surface area contributed by atoms with E-state index in [2.05, 4.69) is 19.2 Å². The van der Waals surface area contributed by atoms with E-state index in [9.17, 15) is 10.1 Å². The first-order valence-corrected chi connectivity index (χ1v) is 6.74. The number of anilines is 1. The van der Waals surface area contributed by atoms with Gasteiger partial charge in [0.25, 0.3) is 5.69 Å². The number of hydrogen-bond donors (Lipinski definition) is 1.